The van der Waals surface area contributed by atoms with Gasteiger partial charge in [-0.2, -0.15) is 0 Å². The molecule has 0 bridgehead atoms. The average Bonchev–Trinajstić information content (AvgIpc) is 3.72. The first-order valence-electron chi connectivity index (χ1n) is 15.0. The van der Waals surface area contributed by atoms with E-state index in [2.05, 4.69) is 24.3 Å². The van der Waals surface area contributed by atoms with Gasteiger partial charge in [0.15, 0.2) is 34.5 Å². The van der Waals surface area contributed by atoms with Crippen LogP contribution in [0.3, 0.4) is 0 Å². The van der Waals surface area contributed by atoms with Gasteiger partial charge in [0, 0.05) is 0 Å². The van der Waals surface area contributed by atoms with Crippen molar-refractivity contribution in [3.05, 3.63) is 69.8 Å². The van der Waals surface area contributed by atoms with Crippen molar-refractivity contribution in [2.75, 3.05) is 35.5 Å². The minimum absolute atomic E-state index is 0.212. The molecule has 0 saturated heterocycles. The Bertz CT molecular complexity index is 1830. The van der Waals surface area contributed by atoms with E-state index in [0.717, 1.165) is 53.0 Å². The monoisotopic (exact) mass is 592 g/mol. The van der Waals surface area contributed by atoms with Gasteiger partial charge >= 0.3 is 5.97 Å². The van der Waals surface area contributed by atoms with Gasteiger partial charge in [-0.25, -0.2) is 0 Å². The fraction of sp³-hybridized carbons (Fsp3) is 0.324. The summed E-state index contributed by atoms with van der Waals surface area (Å²) in [5.74, 6) is 3.39. The first-order chi connectivity index (χ1) is 21.3. The summed E-state index contributed by atoms with van der Waals surface area (Å²) in [6.07, 6.45) is 2.99. The maximum absolute atomic E-state index is 12.9. The SMILES string of the molecule is CCC(C)C(=O)Oc1cc2c(cc1OC)Cc1c3c(c4c(c1-2)Cc1cc(OC)c(OC)cc1-4)Cc1cc(OC)c(OC)cc1-3. The van der Waals surface area contributed by atoms with E-state index in [4.69, 9.17) is 28.4 Å². The van der Waals surface area contributed by atoms with Crippen LogP contribution in [0.5, 0.6) is 34.5 Å². The van der Waals surface area contributed by atoms with Crippen molar-refractivity contribution in [1.82, 2.24) is 0 Å². The van der Waals surface area contributed by atoms with Crippen molar-refractivity contribution in [3.8, 4) is 67.9 Å². The number of carbonyl (C=O) groups is 1. The number of carbonyl (C=O) groups excluding carboxylic acids is 1. The van der Waals surface area contributed by atoms with E-state index in [9.17, 15) is 4.79 Å². The van der Waals surface area contributed by atoms with E-state index in [1.165, 1.54) is 44.5 Å². The molecule has 0 saturated carbocycles. The predicted octanol–water partition coefficient (Wildman–Crippen LogP) is 7.39. The molecule has 0 radical (unpaired) electrons. The van der Waals surface area contributed by atoms with Gasteiger partial charge in [0.25, 0.3) is 0 Å². The Morgan fingerprint density at radius 1 is 0.568 bits per heavy atom. The zero-order chi connectivity index (χ0) is 30.9. The zero-order valence-corrected chi connectivity index (χ0v) is 26.2. The molecule has 7 rings (SSSR count). The highest BCUT2D eigenvalue weighted by Crippen LogP contribution is 2.59. The van der Waals surface area contributed by atoms with Crippen molar-refractivity contribution in [2.24, 2.45) is 5.92 Å². The number of fused-ring (bicyclic) bond motifs is 12. The number of hydrogen-bond acceptors (Lipinski definition) is 7. The minimum Gasteiger partial charge on any atom is -0.493 e. The summed E-state index contributed by atoms with van der Waals surface area (Å²) >= 11 is 0. The summed E-state index contributed by atoms with van der Waals surface area (Å²) in [5, 5.41) is 0. The van der Waals surface area contributed by atoms with Crippen LogP contribution in [0.4, 0.5) is 0 Å². The van der Waals surface area contributed by atoms with Crippen LogP contribution in [-0.4, -0.2) is 41.5 Å². The molecule has 44 heavy (non-hydrogen) atoms. The smallest absolute Gasteiger partial charge is 0.314 e. The number of esters is 1. The number of ether oxygens (including phenoxy) is 6. The molecule has 1 unspecified atom stereocenters. The third-order valence-electron chi connectivity index (χ3n) is 9.55. The van der Waals surface area contributed by atoms with Crippen LogP contribution in [0.2, 0.25) is 0 Å². The lowest BCUT2D eigenvalue weighted by molar-refractivity contribution is -0.138. The summed E-state index contributed by atoms with van der Waals surface area (Å²) < 4.78 is 34.6. The zero-order valence-electron chi connectivity index (χ0n) is 26.2. The highest BCUT2D eigenvalue weighted by molar-refractivity contribution is 6.01. The van der Waals surface area contributed by atoms with Crippen LogP contribution in [0.25, 0.3) is 33.4 Å². The second-order valence-electron chi connectivity index (χ2n) is 11.7. The molecule has 4 aromatic rings. The topological polar surface area (TPSA) is 72.5 Å². The Morgan fingerprint density at radius 3 is 1.23 bits per heavy atom. The standard InChI is InChI=1S/C37H36O7/c1-8-18(2)37(38)44-33-17-24-21(14-30(33)41-5)11-27-35-22-15-31(42-6)28(39-3)12-19(22)9-25(35)34-23-16-32(43-7)29(40-4)13-20(23)10-26(34)36(24)27/h12-18H,8-11H2,1-7H3. The van der Waals surface area contributed by atoms with Crippen LogP contribution in [0.15, 0.2) is 36.4 Å². The Morgan fingerprint density at radius 2 is 0.886 bits per heavy atom. The van der Waals surface area contributed by atoms with Crippen LogP contribution in [-0.2, 0) is 24.1 Å². The molecule has 0 aliphatic heterocycles. The minimum atomic E-state index is -0.260. The number of methoxy groups -OCH3 is 5. The fourth-order valence-electron chi connectivity index (χ4n) is 7.19. The Hall–Kier alpha value is -4.65. The predicted molar refractivity (Wildman–Crippen MR) is 169 cm³/mol. The van der Waals surface area contributed by atoms with Crippen molar-refractivity contribution < 1.29 is 33.2 Å². The van der Waals surface area contributed by atoms with E-state index in [-0.39, 0.29) is 11.9 Å². The Kier molecular flexibility index (Phi) is 6.72. The summed E-state index contributed by atoms with van der Waals surface area (Å²) in [5.41, 5.74) is 14.5. The van der Waals surface area contributed by atoms with Gasteiger partial charge in [-0.1, -0.05) is 13.8 Å². The summed E-state index contributed by atoms with van der Waals surface area (Å²) in [6, 6.07) is 12.5. The molecule has 0 aromatic heterocycles. The fourth-order valence-corrected chi connectivity index (χ4v) is 7.19. The maximum atomic E-state index is 12.9. The maximum Gasteiger partial charge on any atom is 0.314 e. The Balaban J connectivity index is 1.51. The van der Waals surface area contributed by atoms with E-state index < -0.39 is 0 Å². The van der Waals surface area contributed by atoms with Gasteiger partial charge in [-0.15, -0.1) is 0 Å². The summed E-state index contributed by atoms with van der Waals surface area (Å²) in [6.45, 7) is 3.87. The van der Waals surface area contributed by atoms with Crippen LogP contribution in [0, 0.1) is 5.92 Å². The molecule has 0 N–H and O–H groups in total. The molecular formula is C37H36O7. The molecule has 0 heterocycles. The number of rotatable bonds is 8. The Labute approximate surface area is 257 Å². The summed E-state index contributed by atoms with van der Waals surface area (Å²) in [7, 11) is 8.31. The third-order valence-corrected chi connectivity index (χ3v) is 9.55. The number of hydrogen-bond donors (Lipinski definition) is 0. The molecule has 3 aliphatic carbocycles. The molecule has 4 aromatic carbocycles. The van der Waals surface area contributed by atoms with Gasteiger partial charge < -0.3 is 28.4 Å². The first kappa shape index (κ1) is 28.1. The van der Waals surface area contributed by atoms with E-state index >= 15 is 0 Å². The second kappa shape index (κ2) is 10.5. The van der Waals surface area contributed by atoms with E-state index in [1.807, 2.05) is 26.0 Å². The van der Waals surface area contributed by atoms with E-state index in [1.54, 1.807) is 35.5 Å². The quantitative estimate of drug-likeness (QED) is 0.135. The van der Waals surface area contributed by atoms with Crippen molar-refractivity contribution in [1.29, 1.82) is 0 Å². The highest BCUT2D eigenvalue weighted by Gasteiger charge is 2.39. The van der Waals surface area contributed by atoms with E-state index in [0.29, 0.717) is 29.4 Å². The van der Waals surface area contributed by atoms with Crippen LogP contribution in [0.1, 0.15) is 53.6 Å². The molecule has 0 spiro atoms. The molecule has 226 valence electrons. The lowest BCUT2D eigenvalue weighted by Crippen LogP contribution is -2.17. The van der Waals surface area contributed by atoms with Crippen molar-refractivity contribution >= 4 is 5.97 Å². The molecule has 0 fully saturated rings. The highest BCUT2D eigenvalue weighted by atomic mass is 16.6. The molecule has 0 amide bonds. The van der Waals surface area contributed by atoms with Gasteiger partial charge in [0.1, 0.15) is 0 Å². The van der Waals surface area contributed by atoms with Crippen molar-refractivity contribution in [2.45, 2.75) is 39.5 Å². The van der Waals surface area contributed by atoms with Gasteiger partial charge in [-0.3, -0.25) is 4.79 Å². The van der Waals surface area contributed by atoms with Gasteiger partial charge in [0.2, 0.25) is 0 Å². The normalized spacial score (nSPS) is 13.6. The molecule has 7 nitrogen and oxygen atoms in total. The summed E-state index contributed by atoms with van der Waals surface area (Å²) in [4.78, 5) is 12.9. The van der Waals surface area contributed by atoms with Crippen molar-refractivity contribution in [3.63, 3.8) is 0 Å². The largest absolute Gasteiger partial charge is 0.493 e. The molecule has 1 atom stereocenters. The number of benzene rings is 4. The molecule has 3 aliphatic rings. The first-order valence-corrected chi connectivity index (χ1v) is 15.0. The average molecular weight is 593 g/mol. The third kappa shape index (κ3) is 3.98. The van der Waals surface area contributed by atoms with Gasteiger partial charge in [-0.05, 0) is 129 Å². The molecular weight excluding hydrogens is 556 g/mol. The molecule has 7 heteroatoms. The van der Waals surface area contributed by atoms with Crippen LogP contribution >= 0.6 is 0 Å². The lowest BCUT2D eigenvalue weighted by atomic mass is 9.86. The lowest BCUT2D eigenvalue weighted by Gasteiger charge is -2.18. The second-order valence-corrected chi connectivity index (χ2v) is 11.7. The van der Waals surface area contributed by atoms with Crippen LogP contribution < -0.4 is 28.4 Å². The van der Waals surface area contributed by atoms with Gasteiger partial charge in [0.05, 0.1) is 41.5 Å².